The third kappa shape index (κ3) is 2.95. The molecule has 0 amide bonds. The lowest BCUT2D eigenvalue weighted by atomic mass is 10.2. The number of nitrogens with zero attached hydrogens (tertiary/aromatic N) is 5. The molecule has 3 N–H and O–H groups in total. The average Bonchev–Trinajstić information content (AvgIpc) is 3.13. The maximum absolute atomic E-state index is 6.33. The van der Waals surface area contributed by atoms with E-state index in [4.69, 9.17) is 15.2 Å². The van der Waals surface area contributed by atoms with Gasteiger partial charge >= 0.3 is 0 Å². The molecule has 0 aliphatic heterocycles. The lowest BCUT2D eigenvalue weighted by Gasteiger charge is -2.14. The molecule has 2 heterocycles. The molecule has 9 heteroatoms. The minimum absolute atomic E-state index is 0.332. The number of methoxy groups -OCH3 is 2. The molecule has 0 atom stereocenters. The normalized spacial score (nSPS) is 10.7. The molecule has 0 aliphatic carbocycles. The van der Waals surface area contributed by atoms with Gasteiger partial charge in [0.15, 0.2) is 11.6 Å². The molecule has 4 aromatic rings. The molecule has 0 spiro atoms. The number of nitrogens with one attached hydrogen (secondary N) is 1. The number of para-hydroxylation sites is 1. The largest absolute Gasteiger partial charge is 0.497 e. The van der Waals surface area contributed by atoms with E-state index in [0.717, 1.165) is 11.0 Å². The smallest absolute Gasteiger partial charge is 0.184 e. The molecule has 27 heavy (non-hydrogen) atoms. The van der Waals surface area contributed by atoms with Gasteiger partial charge in [-0.2, -0.15) is 4.68 Å². The molecule has 0 fully saturated rings. The summed E-state index contributed by atoms with van der Waals surface area (Å²) in [6, 6.07) is 13.0. The molecule has 0 aliphatic rings. The Kier molecular flexibility index (Phi) is 4.17. The Morgan fingerprint density at radius 3 is 2.70 bits per heavy atom. The van der Waals surface area contributed by atoms with Crippen molar-refractivity contribution in [1.29, 1.82) is 0 Å². The van der Waals surface area contributed by atoms with E-state index in [9.17, 15) is 0 Å². The van der Waals surface area contributed by atoms with Gasteiger partial charge < -0.3 is 20.5 Å². The molecule has 136 valence electrons. The lowest BCUT2D eigenvalue weighted by Crippen LogP contribution is -2.09. The van der Waals surface area contributed by atoms with Gasteiger partial charge in [0, 0.05) is 6.07 Å². The van der Waals surface area contributed by atoms with Gasteiger partial charge in [-0.1, -0.05) is 17.3 Å². The molecule has 2 aromatic carbocycles. The van der Waals surface area contributed by atoms with E-state index >= 15 is 0 Å². The maximum Gasteiger partial charge on any atom is 0.184 e. The number of nitrogen functional groups attached to an aromatic ring is 1. The number of hydrogen-bond acceptors (Lipinski definition) is 8. The van der Waals surface area contributed by atoms with Crippen LogP contribution in [0.5, 0.6) is 11.5 Å². The Balaban J connectivity index is 1.77. The zero-order valence-corrected chi connectivity index (χ0v) is 14.7. The van der Waals surface area contributed by atoms with Gasteiger partial charge in [0.2, 0.25) is 0 Å². The zero-order chi connectivity index (χ0) is 18.8. The zero-order valence-electron chi connectivity index (χ0n) is 14.7. The second-order valence-electron chi connectivity index (χ2n) is 5.64. The van der Waals surface area contributed by atoms with E-state index < -0.39 is 0 Å². The van der Waals surface area contributed by atoms with Crippen LogP contribution in [0.1, 0.15) is 0 Å². The third-order valence-electron chi connectivity index (χ3n) is 4.08. The first-order chi connectivity index (χ1) is 13.2. The fraction of sp³-hybridized carbons (Fsp3) is 0.111. The van der Waals surface area contributed by atoms with Crippen LogP contribution in [0.3, 0.4) is 0 Å². The van der Waals surface area contributed by atoms with Gasteiger partial charge in [0.05, 0.1) is 25.4 Å². The Morgan fingerprint density at radius 2 is 1.89 bits per heavy atom. The number of aromatic nitrogens is 5. The van der Waals surface area contributed by atoms with Crippen LogP contribution in [0.15, 0.2) is 48.8 Å². The van der Waals surface area contributed by atoms with Crippen molar-refractivity contribution in [3.05, 3.63) is 48.8 Å². The second-order valence-corrected chi connectivity index (χ2v) is 5.64. The van der Waals surface area contributed by atoms with Crippen molar-refractivity contribution in [3.63, 3.8) is 0 Å². The van der Waals surface area contributed by atoms with Crippen LogP contribution in [-0.4, -0.2) is 39.2 Å². The maximum atomic E-state index is 6.33. The second kappa shape index (κ2) is 6.79. The summed E-state index contributed by atoms with van der Waals surface area (Å²) in [5.41, 5.74) is 8.87. The minimum atomic E-state index is 0.332. The van der Waals surface area contributed by atoms with Crippen molar-refractivity contribution in [2.75, 3.05) is 25.3 Å². The molecule has 2 aromatic heterocycles. The summed E-state index contributed by atoms with van der Waals surface area (Å²) in [5, 5.41) is 11.5. The predicted octanol–water partition coefficient (Wildman–Crippen LogP) is 2.55. The highest BCUT2D eigenvalue weighted by Crippen LogP contribution is 2.33. The first-order valence-electron chi connectivity index (χ1n) is 8.11. The van der Waals surface area contributed by atoms with Crippen molar-refractivity contribution in [1.82, 2.24) is 25.0 Å². The number of benzene rings is 2. The van der Waals surface area contributed by atoms with Crippen molar-refractivity contribution in [2.24, 2.45) is 0 Å². The fourth-order valence-corrected chi connectivity index (χ4v) is 2.72. The molecule has 0 saturated carbocycles. The Morgan fingerprint density at radius 1 is 1.04 bits per heavy atom. The summed E-state index contributed by atoms with van der Waals surface area (Å²) < 4.78 is 12.2. The van der Waals surface area contributed by atoms with E-state index in [1.54, 1.807) is 37.1 Å². The summed E-state index contributed by atoms with van der Waals surface area (Å²) in [6.07, 6.45) is 1.41. The Hall–Kier alpha value is -3.88. The highest BCUT2D eigenvalue weighted by atomic mass is 16.5. The van der Waals surface area contributed by atoms with Gasteiger partial charge in [-0.25, -0.2) is 9.97 Å². The summed E-state index contributed by atoms with van der Waals surface area (Å²) in [6.45, 7) is 0. The summed E-state index contributed by atoms with van der Waals surface area (Å²) >= 11 is 0. The van der Waals surface area contributed by atoms with E-state index in [0.29, 0.717) is 34.5 Å². The Labute approximate surface area is 154 Å². The molecule has 0 bridgehead atoms. The summed E-state index contributed by atoms with van der Waals surface area (Å²) in [4.78, 5) is 8.53. The highest BCUT2D eigenvalue weighted by Gasteiger charge is 2.15. The topological polar surface area (TPSA) is 113 Å². The van der Waals surface area contributed by atoms with Crippen LogP contribution in [0.4, 0.5) is 17.2 Å². The summed E-state index contributed by atoms with van der Waals surface area (Å²) in [7, 11) is 3.18. The monoisotopic (exact) mass is 363 g/mol. The molecule has 0 saturated heterocycles. The van der Waals surface area contributed by atoms with E-state index in [-0.39, 0.29) is 0 Å². The standard InChI is InChI=1S/C18H17N7O2/c1-26-11-7-8-15(27-2)13(9-11)22-17-16(19)18(21-10-20-17)25-14-6-4-3-5-12(14)23-24-25/h3-10H,19H2,1-2H3,(H,20,21,22). The number of hydrogen-bond donors (Lipinski definition) is 2. The molecule has 4 rings (SSSR count). The molecule has 9 nitrogen and oxygen atoms in total. The molecule has 0 radical (unpaired) electrons. The number of rotatable bonds is 5. The third-order valence-corrected chi connectivity index (χ3v) is 4.08. The Bertz CT molecular complexity index is 1110. The van der Waals surface area contributed by atoms with Gasteiger partial charge in [-0.3, -0.25) is 0 Å². The van der Waals surface area contributed by atoms with Gasteiger partial charge in [0.1, 0.15) is 29.0 Å². The number of ether oxygens (including phenoxy) is 2. The van der Waals surface area contributed by atoms with Gasteiger partial charge in [-0.05, 0) is 24.3 Å². The van der Waals surface area contributed by atoms with Crippen molar-refractivity contribution < 1.29 is 9.47 Å². The van der Waals surface area contributed by atoms with Crippen molar-refractivity contribution in [3.8, 4) is 17.3 Å². The van der Waals surface area contributed by atoms with Crippen LogP contribution in [0, 0.1) is 0 Å². The first-order valence-corrected chi connectivity index (χ1v) is 8.11. The first kappa shape index (κ1) is 16.6. The number of anilines is 3. The van der Waals surface area contributed by atoms with Crippen LogP contribution < -0.4 is 20.5 Å². The van der Waals surface area contributed by atoms with Crippen LogP contribution in [0.2, 0.25) is 0 Å². The fourth-order valence-electron chi connectivity index (χ4n) is 2.72. The van der Waals surface area contributed by atoms with Gasteiger partial charge in [-0.15, -0.1) is 5.10 Å². The molecule has 0 unspecified atom stereocenters. The molecular formula is C18H17N7O2. The highest BCUT2D eigenvalue weighted by molar-refractivity contribution is 5.81. The van der Waals surface area contributed by atoms with E-state index in [1.165, 1.54) is 6.33 Å². The van der Waals surface area contributed by atoms with Crippen molar-refractivity contribution >= 4 is 28.2 Å². The van der Waals surface area contributed by atoms with Crippen LogP contribution in [0.25, 0.3) is 16.9 Å². The van der Waals surface area contributed by atoms with Gasteiger partial charge in [0.25, 0.3) is 0 Å². The van der Waals surface area contributed by atoms with Crippen molar-refractivity contribution in [2.45, 2.75) is 0 Å². The van der Waals surface area contributed by atoms with Crippen LogP contribution >= 0.6 is 0 Å². The lowest BCUT2D eigenvalue weighted by molar-refractivity contribution is 0.405. The van der Waals surface area contributed by atoms with E-state index in [1.807, 2.05) is 24.3 Å². The SMILES string of the molecule is COc1ccc(OC)c(Nc2ncnc(-n3nnc4ccccc43)c2N)c1. The van der Waals surface area contributed by atoms with Crippen LogP contribution in [-0.2, 0) is 0 Å². The van der Waals surface area contributed by atoms with E-state index in [2.05, 4.69) is 25.6 Å². The quantitative estimate of drug-likeness (QED) is 0.556. The number of nitrogens with two attached hydrogens (primary N) is 1. The average molecular weight is 363 g/mol. The predicted molar refractivity (Wildman–Crippen MR) is 102 cm³/mol. The number of fused-ring (bicyclic) bond motifs is 1. The minimum Gasteiger partial charge on any atom is -0.497 e. The molecular weight excluding hydrogens is 346 g/mol. The summed E-state index contributed by atoms with van der Waals surface area (Å²) in [5.74, 6) is 2.16.